The van der Waals surface area contributed by atoms with E-state index in [4.69, 9.17) is 9.84 Å². The van der Waals surface area contributed by atoms with Gasteiger partial charge in [0, 0.05) is 13.1 Å². The van der Waals surface area contributed by atoms with Crippen molar-refractivity contribution in [3.05, 3.63) is 0 Å². The number of amides is 1. The Kier molecular flexibility index (Phi) is 5.05. The Morgan fingerprint density at radius 2 is 2.20 bits per heavy atom. The molecule has 0 radical (unpaired) electrons. The lowest BCUT2D eigenvalue weighted by atomic mass is 10.2. The maximum absolute atomic E-state index is 12.0. The average Bonchev–Trinajstić information content (AvgIpc) is 2.63. The summed E-state index contributed by atoms with van der Waals surface area (Å²) < 4.78 is 5.52. The molecule has 1 heterocycles. The first-order chi connectivity index (χ1) is 7.19. The van der Waals surface area contributed by atoms with Crippen molar-refractivity contribution in [1.82, 2.24) is 4.90 Å². The molecule has 4 heteroatoms. The van der Waals surface area contributed by atoms with Gasteiger partial charge in [-0.05, 0) is 26.2 Å². The molecule has 0 bridgehead atoms. The zero-order valence-electron chi connectivity index (χ0n) is 9.61. The van der Waals surface area contributed by atoms with Crippen molar-refractivity contribution < 1.29 is 14.6 Å². The monoisotopic (exact) mass is 215 g/mol. The average molecular weight is 215 g/mol. The summed E-state index contributed by atoms with van der Waals surface area (Å²) in [6.45, 7) is 5.15. The molecule has 0 aliphatic carbocycles. The van der Waals surface area contributed by atoms with Gasteiger partial charge in [-0.25, -0.2) is 0 Å². The number of rotatable bonds is 5. The minimum atomic E-state index is -0.280. The summed E-state index contributed by atoms with van der Waals surface area (Å²) in [4.78, 5) is 13.7. The van der Waals surface area contributed by atoms with Crippen molar-refractivity contribution in [1.29, 1.82) is 0 Å². The van der Waals surface area contributed by atoms with Gasteiger partial charge < -0.3 is 14.7 Å². The van der Waals surface area contributed by atoms with Crippen LogP contribution in [0.5, 0.6) is 0 Å². The van der Waals surface area contributed by atoms with Crippen LogP contribution in [-0.2, 0) is 9.53 Å². The van der Waals surface area contributed by atoms with Gasteiger partial charge in [0.05, 0.1) is 12.7 Å². The van der Waals surface area contributed by atoms with Gasteiger partial charge in [0.15, 0.2) is 0 Å². The lowest BCUT2D eigenvalue weighted by molar-refractivity contribution is -0.143. The Balaban J connectivity index is 2.47. The second-order valence-electron chi connectivity index (χ2n) is 4.06. The molecule has 1 aliphatic heterocycles. The molecule has 1 rings (SSSR count). The third kappa shape index (κ3) is 3.47. The highest BCUT2D eigenvalue weighted by molar-refractivity contribution is 5.81. The van der Waals surface area contributed by atoms with Crippen LogP contribution in [0, 0.1) is 0 Å². The quantitative estimate of drug-likeness (QED) is 0.737. The third-order valence-electron chi connectivity index (χ3n) is 2.68. The van der Waals surface area contributed by atoms with Gasteiger partial charge in [-0.1, -0.05) is 6.92 Å². The van der Waals surface area contributed by atoms with Crippen LogP contribution < -0.4 is 0 Å². The maximum atomic E-state index is 12.0. The summed E-state index contributed by atoms with van der Waals surface area (Å²) >= 11 is 0. The Labute approximate surface area is 91.2 Å². The Morgan fingerprint density at radius 3 is 2.67 bits per heavy atom. The minimum absolute atomic E-state index is 0.0218. The molecular formula is C11H21NO3. The van der Waals surface area contributed by atoms with Gasteiger partial charge >= 0.3 is 0 Å². The molecule has 1 N–H and O–H groups in total. The first-order valence-electron chi connectivity index (χ1n) is 5.74. The Morgan fingerprint density at radius 1 is 1.47 bits per heavy atom. The molecule has 0 spiro atoms. The second-order valence-corrected chi connectivity index (χ2v) is 4.06. The van der Waals surface area contributed by atoms with E-state index in [0.717, 1.165) is 19.3 Å². The van der Waals surface area contributed by atoms with Gasteiger partial charge in [0.25, 0.3) is 5.91 Å². The summed E-state index contributed by atoms with van der Waals surface area (Å²) in [7, 11) is 0. The topological polar surface area (TPSA) is 49.8 Å². The molecular weight excluding hydrogens is 194 g/mol. The van der Waals surface area contributed by atoms with Crippen LogP contribution in [0.1, 0.15) is 33.1 Å². The standard InChI is InChI=1S/C11H21NO3/c1-3-6-12(7-8-13)11(14)10-5-4-9(2)15-10/h9-10,13H,3-8H2,1-2H3. The number of carbonyl (C=O) groups is 1. The number of aliphatic hydroxyl groups is 1. The lowest BCUT2D eigenvalue weighted by Gasteiger charge is -2.24. The van der Waals surface area contributed by atoms with Gasteiger partial charge in [-0.2, -0.15) is 0 Å². The smallest absolute Gasteiger partial charge is 0.251 e. The van der Waals surface area contributed by atoms with E-state index in [0.29, 0.717) is 13.1 Å². The van der Waals surface area contributed by atoms with E-state index >= 15 is 0 Å². The SMILES string of the molecule is CCCN(CCO)C(=O)C1CCC(C)O1. The molecule has 4 nitrogen and oxygen atoms in total. The van der Waals surface area contributed by atoms with Crippen LogP contribution in [0.4, 0.5) is 0 Å². The molecule has 1 amide bonds. The summed E-state index contributed by atoms with van der Waals surface area (Å²) in [5, 5.41) is 8.87. The van der Waals surface area contributed by atoms with E-state index in [2.05, 4.69) is 0 Å². The molecule has 1 saturated heterocycles. The fourth-order valence-corrected chi connectivity index (χ4v) is 1.91. The highest BCUT2D eigenvalue weighted by Gasteiger charge is 2.30. The molecule has 0 aromatic heterocycles. The molecule has 15 heavy (non-hydrogen) atoms. The van der Waals surface area contributed by atoms with E-state index in [9.17, 15) is 4.79 Å². The fourth-order valence-electron chi connectivity index (χ4n) is 1.91. The van der Waals surface area contributed by atoms with Crippen molar-refractivity contribution in [3.8, 4) is 0 Å². The van der Waals surface area contributed by atoms with Crippen molar-refractivity contribution >= 4 is 5.91 Å². The van der Waals surface area contributed by atoms with E-state index in [1.807, 2.05) is 13.8 Å². The Bertz CT molecular complexity index is 202. The molecule has 0 saturated carbocycles. The predicted octanol–water partition coefficient (Wildman–Crippen LogP) is 0.785. The van der Waals surface area contributed by atoms with Crippen molar-refractivity contribution in [2.24, 2.45) is 0 Å². The molecule has 0 aromatic carbocycles. The summed E-state index contributed by atoms with van der Waals surface area (Å²) in [6.07, 6.45) is 2.59. The van der Waals surface area contributed by atoms with Crippen LogP contribution in [-0.4, -0.2) is 47.8 Å². The number of hydrogen-bond acceptors (Lipinski definition) is 3. The summed E-state index contributed by atoms with van der Waals surface area (Å²) in [5.74, 6) is 0.0373. The number of aliphatic hydroxyl groups excluding tert-OH is 1. The molecule has 2 atom stereocenters. The summed E-state index contributed by atoms with van der Waals surface area (Å²) in [6, 6.07) is 0. The molecule has 1 fully saturated rings. The van der Waals surface area contributed by atoms with Crippen LogP contribution in [0.15, 0.2) is 0 Å². The molecule has 88 valence electrons. The molecule has 1 aliphatic rings. The molecule has 0 aromatic rings. The lowest BCUT2D eigenvalue weighted by Crippen LogP contribution is -2.41. The zero-order chi connectivity index (χ0) is 11.3. The largest absolute Gasteiger partial charge is 0.395 e. The normalized spacial score (nSPS) is 25.5. The third-order valence-corrected chi connectivity index (χ3v) is 2.68. The van der Waals surface area contributed by atoms with Gasteiger partial charge in [-0.3, -0.25) is 4.79 Å². The van der Waals surface area contributed by atoms with E-state index in [-0.39, 0.29) is 24.7 Å². The van der Waals surface area contributed by atoms with E-state index in [1.165, 1.54) is 0 Å². The Hall–Kier alpha value is -0.610. The zero-order valence-corrected chi connectivity index (χ0v) is 9.61. The van der Waals surface area contributed by atoms with Gasteiger partial charge in [-0.15, -0.1) is 0 Å². The van der Waals surface area contributed by atoms with Crippen LogP contribution >= 0.6 is 0 Å². The van der Waals surface area contributed by atoms with Crippen molar-refractivity contribution in [2.75, 3.05) is 19.7 Å². The van der Waals surface area contributed by atoms with Crippen molar-refractivity contribution in [3.63, 3.8) is 0 Å². The fraction of sp³-hybridized carbons (Fsp3) is 0.909. The number of nitrogens with zero attached hydrogens (tertiary/aromatic N) is 1. The van der Waals surface area contributed by atoms with Crippen LogP contribution in [0.25, 0.3) is 0 Å². The first kappa shape index (κ1) is 12.5. The first-order valence-corrected chi connectivity index (χ1v) is 5.74. The van der Waals surface area contributed by atoms with E-state index in [1.54, 1.807) is 4.90 Å². The second kappa shape index (κ2) is 6.08. The minimum Gasteiger partial charge on any atom is -0.395 e. The number of ether oxygens (including phenoxy) is 1. The van der Waals surface area contributed by atoms with Crippen LogP contribution in [0.2, 0.25) is 0 Å². The highest BCUT2D eigenvalue weighted by atomic mass is 16.5. The van der Waals surface area contributed by atoms with Gasteiger partial charge in [0.1, 0.15) is 6.10 Å². The maximum Gasteiger partial charge on any atom is 0.251 e. The van der Waals surface area contributed by atoms with Gasteiger partial charge in [0.2, 0.25) is 0 Å². The highest BCUT2D eigenvalue weighted by Crippen LogP contribution is 2.20. The predicted molar refractivity (Wildman–Crippen MR) is 57.5 cm³/mol. The molecule has 2 unspecified atom stereocenters. The van der Waals surface area contributed by atoms with Crippen molar-refractivity contribution in [2.45, 2.75) is 45.3 Å². The number of hydrogen-bond donors (Lipinski definition) is 1. The van der Waals surface area contributed by atoms with Crippen LogP contribution in [0.3, 0.4) is 0 Å². The van der Waals surface area contributed by atoms with E-state index < -0.39 is 0 Å². The summed E-state index contributed by atoms with van der Waals surface area (Å²) in [5.41, 5.74) is 0. The number of carbonyl (C=O) groups excluding carboxylic acids is 1.